The van der Waals surface area contributed by atoms with Crippen molar-refractivity contribution in [1.29, 1.82) is 0 Å². The van der Waals surface area contributed by atoms with Gasteiger partial charge >= 0.3 is 0 Å². The van der Waals surface area contributed by atoms with Crippen molar-refractivity contribution in [1.82, 2.24) is 0 Å². The first kappa shape index (κ1) is 22.4. The maximum absolute atomic E-state index is 12.6. The van der Waals surface area contributed by atoms with Gasteiger partial charge in [0.1, 0.15) is 28.6 Å². The summed E-state index contributed by atoms with van der Waals surface area (Å²) in [6.07, 6.45) is 4.06. The fourth-order valence-corrected chi connectivity index (χ4v) is 3.58. The molecule has 0 aliphatic carbocycles. The zero-order valence-corrected chi connectivity index (χ0v) is 17.9. The number of hydrogen-bond donors (Lipinski definition) is 4. The number of rotatable bonds is 6. The summed E-state index contributed by atoms with van der Waals surface area (Å²) in [6.45, 7) is 6.18. The Morgan fingerprint density at radius 2 is 1.77 bits per heavy atom. The molecule has 0 amide bonds. The van der Waals surface area contributed by atoms with Crippen molar-refractivity contribution in [3.63, 3.8) is 0 Å². The fraction of sp³-hybridized carbons (Fsp3) is 0.320. The van der Waals surface area contributed by atoms with Crippen LogP contribution in [0.2, 0.25) is 0 Å². The van der Waals surface area contributed by atoms with Gasteiger partial charge in [0.15, 0.2) is 12.2 Å². The number of Topliss-reactive ketones (excluding diaryl/α,β-unsaturated/α-hetero) is 1. The monoisotopic (exact) mass is 424 g/mol. The molecule has 0 aromatic heterocycles. The van der Waals surface area contributed by atoms with Crippen molar-refractivity contribution in [2.75, 3.05) is 0 Å². The van der Waals surface area contributed by atoms with E-state index in [1.165, 1.54) is 23.3 Å². The van der Waals surface area contributed by atoms with Crippen LogP contribution in [0.5, 0.6) is 23.0 Å². The van der Waals surface area contributed by atoms with E-state index in [2.05, 4.69) is 19.9 Å². The minimum Gasteiger partial charge on any atom is -0.508 e. The highest BCUT2D eigenvalue weighted by Gasteiger charge is 2.39. The number of allylic oxidation sites excluding steroid dienone is 4. The summed E-state index contributed by atoms with van der Waals surface area (Å²) in [7, 11) is 0. The molecule has 2 unspecified atom stereocenters. The van der Waals surface area contributed by atoms with Crippen LogP contribution in [0.25, 0.3) is 0 Å². The van der Waals surface area contributed by atoms with Gasteiger partial charge in [0, 0.05) is 12.1 Å². The van der Waals surface area contributed by atoms with Crippen molar-refractivity contribution >= 4 is 5.78 Å². The molecular weight excluding hydrogens is 396 g/mol. The molecular formula is C25H28O6. The van der Waals surface area contributed by atoms with E-state index in [4.69, 9.17) is 4.74 Å². The molecule has 2 aromatic carbocycles. The number of carbonyl (C=O) groups excluding carboxylic acids is 1. The maximum atomic E-state index is 12.6. The Hall–Kier alpha value is -3.25. The number of fused-ring (bicyclic) bond motifs is 1. The standard InChI is InChI=1S/C25H28O6/c1-14(2)5-4-6-15(3)7-8-16-11-17(9-10-19(16)27)25-24(30)23(29)22-20(28)12-18(26)13-21(22)31-25/h5,7,9-13,24-28,30H,4,6,8H2,1-3H3. The lowest BCUT2D eigenvalue weighted by molar-refractivity contribution is 0.0210. The first-order valence-electron chi connectivity index (χ1n) is 10.2. The number of ketones is 1. The average Bonchev–Trinajstić information content (AvgIpc) is 2.69. The Labute approximate surface area is 181 Å². The van der Waals surface area contributed by atoms with E-state index in [1.54, 1.807) is 12.1 Å². The van der Waals surface area contributed by atoms with Gasteiger partial charge in [-0.15, -0.1) is 0 Å². The van der Waals surface area contributed by atoms with Gasteiger partial charge in [-0.05, 0) is 63.3 Å². The predicted molar refractivity (Wildman–Crippen MR) is 118 cm³/mol. The topological polar surface area (TPSA) is 107 Å². The molecule has 0 bridgehead atoms. The number of hydrogen-bond acceptors (Lipinski definition) is 6. The molecule has 0 spiro atoms. The van der Waals surface area contributed by atoms with Crippen LogP contribution in [0.1, 0.15) is 61.2 Å². The molecule has 1 aliphatic rings. The van der Waals surface area contributed by atoms with Crippen molar-refractivity contribution < 1.29 is 30.0 Å². The number of aromatic hydroxyl groups is 3. The van der Waals surface area contributed by atoms with Crippen molar-refractivity contribution in [2.24, 2.45) is 0 Å². The number of phenols is 3. The van der Waals surface area contributed by atoms with Crippen LogP contribution < -0.4 is 4.74 Å². The average molecular weight is 424 g/mol. The summed E-state index contributed by atoms with van der Waals surface area (Å²) in [6, 6.07) is 7.04. The number of ether oxygens (including phenoxy) is 1. The summed E-state index contributed by atoms with van der Waals surface area (Å²) >= 11 is 0. The second kappa shape index (κ2) is 9.27. The number of aliphatic hydroxyl groups excluding tert-OH is 1. The SMILES string of the molecule is CC(C)=CCCC(C)=CCc1cc(C2Oc3cc(O)cc(O)c3C(=O)C2O)ccc1O. The van der Waals surface area contributed by atoms with Gasteiger partial charge < -0.3 is 25.2 Å². The Balaban J connectivity index is 1.84. The summed E-state index contributed by atoms with van der Waals surface area (Å²) < 4.78 is 5.76. The second-order valence-corrected chi connectivity index (χ2v) is 8.15. The highest BCUT2D eigenvalue weighted by atomic mass is 16.5. The minimum atomic E-state index is -1.53. The Bertz CT molecular complexity index is 1050. The maximum Gasteiger partial charge on any atom is 0.202 e. The lowest BCUT2D eigenvalue weighted by atomic mass is 9.91. The van der Waals surface area contributed by atoms with Crippen LogP contribution in [-0.4, -0.2) is 32.3 Å². The summed E-state index contributed by atoms with van der Waals surface area (Å²) in [4.78, 5) is 12.6. The molecule has 3 rings (SSSR count). The Morgan fingerprint density at radius 3 is 2.48 bits per heavy atom. The van der Waals surface area contributed by atoms with E-state index in [9.17, 15) is 25.2 Å². The normalized spacial score (nSPS) is 18.3. The van der Waals surface area contributed by atoms with Gasteiger partial charge in [-0.1, -0.05) is 29.4 Å². The lowest BCUT2D eigenvalue weighted by Gasteiger charge is -2.30. The van der Waals surface area contributed by atoms with Gasteiger partial charge in [-0.3, -0.25) is 4.79 Å². The lowest BCUT2D eigenvalue weighted by Crippen LogP contribution is -2.36. The summed E-state index contributed by atoms with van der Waals surface area (Å²) in [5.74, 6) is -1.27. The highest BCUT2D eigenvalue weighted by Crippen LogP contribution is 2.42. The van der Waals surface area contributed by atoms with Gasteiger partial charge in [-0.25, -0.2) is 0 Å². The number of phenolic OH excluding ortho intramolecular Hbond substituents is 3. The molecule has 0 saturated heterocycles. The molecule has 31 heavy (non-hydrogen) atoms. The van der Waals surface area contributed by atoms with Crippen LogP contribution in [0, 0.1) is 0 Å². The van der Waals surface area contributed by atoms with Crippen LogP contribution in [0.3, 0.4) is 0 Å². The van der Waals surface area contributed by atoms with Crippen LogP contribution in [0.4, 0.5) is 0 Å². The third kappa shape index (κ3) is 5.09. The molecule has 2 atom stereocenters. The van der Waals surface area contributed by atoms with E-state index in [-0.39, 0.29) is 22.8 Å². The van der Waals surface area contributed by atoms with E-state index >= 15 is 0 Å². The fourth-order valence-electron chi connectivity index (χ4n) is 3.58. The van der Waals surface area contributed by atoms with Crippen LogP contribution in [-0.2, 0) is 6.42 Å². The first-order valence-corrected chi connectivity index (χ1v) is 10.2. The molecule has 164 valence electrons. The predicted octanol–water partition coefficient (Wildman–Crippen LogP) is 4.72. The Kier molecular flexibility index (Phi) is 6.71. The highest BCUT2D eigenvalue weighted by molar-refractivity contribution is 6.05. The van der Waals surface area contributed by atoms with Gasteiger partial charge in [0.05, 0.1) is 0 Å². The van der Waals surface area contributed by atoms with Gasteiger partial charge in [-0.2, -0.15) is 0 Å². The molecule has 0 fully saturated rings. The molecule has 1 aliphatic heterocycles. The molecule has 6 heteroatoms. The molecule has 0 saturated carbocycles. The Morgan fingerprint density at radius 1 is 1.03 bits per heavy atom. The van der Waals surface area contributed by atoms with Crippen molar-refractivity contribution in [3.8, 4) is 23.0 Å². The number of benzene rings is 2. The van der Waals surface area contributed by atoms with E-state index in [0.29, 0.717) is 17.5 Å². The second-order valence-electron chi connectivity index (χ2n) is 8.15. The largest absolute Gasteiger partial charge is 0.508 e. The number of carbonyl (C=O) groups is 1. The summed E-state index contributed by atoms with van der Waals surface area (Å²) in [5, 5.41) is 40.5. The molecule has 2 aromatic rings. The number of aliphatic hydroxyl groups is 1. The van der Waals surface area contributed by atoms with E-state index in [0.717, 1.165) is 18.9 Å². The quantitative estimate of drug-likeness (QED) is 0.500. The third-order valence-electron chi connectivity index (χ3n) is 5.32. The van der Waals surface area contributed by atoms with Crippen molar-refractivity contribution in [2.45, 2.75) is 52.2 Å². The van der Waals surface area contributed by atoms with Gasteiger partial charge in [0.2, 0.25) is 5.78 Å². The zero-order chi connectivity index (χ0) is 22.7. The zero-order valence-electron chi connectivity index (χ0n) is 17.9. The molecule has 6 nitrogen and oxygen atoms in total. The van der Waals surface area contributed by atoms with Crippen LogP contribution in [0.15, 0.2) is 53.6 Å². The third-order valence-corrected chi connectivity index (χ3v) is 5.32. The van der Waals surface area contributed by atoms with E-state index in [1.807, 2.05) is 13.0 Å². The smallest absolute Gasteiger partial charge is 0.202 e. The summed E-state index contributed by atoms with van der Waals surface area (Å²) in [5.41, 5.74) is 3.48. The molecule has 0 radical (unpaired) electrons. The van der Waals surface area contributed by atoms with Crippen LogP contribution >= 0.6 is 0 Å². The molecule has 1 heterocycles. The van der Waals surface area contributed by atoms with E-state index < -0.39 is 23.7 Å². The molecule has 4 N–H and O–H groups in total. The van der Waals surface area contributed by atoms with Gasteiger partial charge in [0.25, 0.3) is 0 Å². The first-order chi connectivity index (χ1) is 14.7. The minimum absolute atomic E-state index is 0.00226. The van der Waals surface area contributed by atoms with Crippen molar-refractivity contribution in [3.05, 3.63) is 70.3 Å².